The molecule has 0 saturated heterocycles. The molecule has 0 fully saturated rings. The second-order valence-electron chi connectivity index (χ2n) is 5.12. The van der Waals surface area contributed by atoms with Gasteiger partial charge in [0.05, 0.1) is 10.6 Å². The summed E-state index contributed by atoms with van der Waals surface area (Å²) in [4.78, 5) is 23.8. The van der Waals surface area contributed by atoms with Gasteiger partial charge in [-0.2, -0.15) is 0 Å². The molecule has 0 atom stereocenters. The van der Waals surface area contributed by atoms with Gasteiger partial charge in [0.1, 0.15) is 0 Å². The van der Waals surface area contributed by atoms with Crippen LogP contribution in [0.1, 0.15) is 21.5 Å². The molecule has 0 aliphatic heterocycles. The van der Waals surface area contributed by atoms with E-state index in [1.54, 1.807) is 0 Å². The number of amides is 1. The number of rotatable bonds is 4. The van der Waals surface area contributed by atoms with Crippen LogP contribution in [0.15, 0.2) is 36.4 Å². The van der Waals surface area contributed by atoms with Gasteiger partial charge in [0, 0.05) is 10.7 Å². The van der Waals surface area contributed by atoms with Crippen molar-refractivity contribution in [3.63, 3.8) is 0 Å². The number of nitrogens with one attached hydrogen (secondary N) is 1. The zero-order valence-electron chi connectivity index (χ0n) is 12.7. The van der Waals surface area contributed by atoms with E-state index in [1.807, 2.05) is 32.0 Å². The summed E-state index contributed by atoms with van der Waals surface area (Å²) >= 11 is 11.7. The average Bonchev–Trinajstić information content (AvgIpc) is 2.43. The maximum Gasteiger partial charge on any atom is 0.340 e. The third kappa shape index (κ3) is 4.98. The minimum absolute atomic E-state index is 0.162. The number of carbonyl (C=O) groups excluding carboxylic acids is 2. The Balaban J connectivity index is 1.94. The topological polar surface area (TPSA) is 55.4 Å². The Morgan fingerprint density at radius 2 is 1.70 bits per heavy atom. The number of carbonyl (C=O) groups is 2. The molecule has 6 heteroatoms. The van der Waals surface area contributed by atoms with Crippen molar-refractivity contribution in [2.45, 2.75) is 13.8 Å². The summed E-state index contributed by atoms with van der Waals surface area (Å²) in [6, 6.07) is 10.1. The summed E-state index contributed by atoms with van der Waals surface area (Å²) in [6.45, 7) is 3.47. The number of esters is 1. The molecule has 0 aromatic heterocycles. The van der Waals surface area contributed by atoms with Crippen LogP contribution in [0, 0.1) is 13.8 Å². The highest BCUT2D eigenvalue weighted by molar-refractivity contribution is 6.36. The molecule has 2 aromatic rings. The van der Waals surface area contributed by atoms with Crippen molar-refractivity contribution in [1.82, 2.24) is 0 Å². The van der Waals surface area contributed by atoms with Crippen LogP contribution in [0.2, 0.25) is 10.0 Å². The van der Waals surface area contributed by atoms with E-state index in [1.165, 1.54) is 18.2 Å². The van der Waals surface area contributed by atoms with Crippen LogP contribution in [-0.2, 0) is 9.53 Å². The lowest BCUT2D eigenvalue weighted by molar-refractivity contribution is -0.119. The Hall–Kier alpha value is -2.04. The standard InChI is InChI=1S/C17H15Cl2NO3/c1-10-5-11(2)7-13(6-10)20-16(21)9-23-17(22)14-4-3-12(18)8-15(14)19/h3-8H,9H2,1-2H3,(H,20,21). The summed E-state index contributed by atoms with van der Waals surface area (Å²) in [5.41, 5.74) is 2.89. The first-order chi connectivity index (χ1) is 10.8. The van der Waals surface area contributed by atoms with E-state index in [0.717, 1.165) is 11.1 Å². The molecule has 0 unspecified atom stereocenters. The second kappa shape index (κ2) is 7.49. The van der Waals surface area contributed by atoms with Crippen LogP contribution in [0.3, 0.4) is 0 Å². The lowest BCUT2D eigenvalue weighted by Crippen LogP contribution is -2.21. The fraction of sp³-hybridized carbons (Fsp3) is 0.176. The minimum Gasteiger partial charge on any atom is -0.452 e. The van der Waals surface area contributed by atoms with Crippen molar-refractivity contribution in [3.8, 4) is 0 Å². The predicted molar refractivity (Wildman–Crippen MR) is 91.3 cm³/mol. The molecule has 4 nitrogen and oxygen atoms in total. The normalized spacial score (nSPS) is 10.3. The zero-order chi connectivity index (χ0) is 17.0. The molecule has 120 valence electrons. The fourth-order valence-electron chi connectivity index (χ4n) is 2.11. The lowest BCUT2D eigenvalue weighted by atomic mass is 10.1. The van der Waals surface area contributed by atoms with Gasteiger partial charge in [-0.05, 0) is 55.3 Å². The molecule has 0 heterocycles. The van der Waals surface area contributed by atoms with Gasteiger partial charge < -0.3 is 10.1 Å². The van der Waals surface area contributed by atoms with Crippen molar-refractivity contribution < 1.29 is 14.3 Å². The molecule has 0 radical (unpaired) electrons. The molecular formula is C17H15Cl2NO3. The number of ether oxygens (including phenoxy) is 1. The molecule has 0 aliphatic carbocycles. The van der Waals surface area contributed by atoms with Crippen LogP contribution in [0.5, 0.6) is 0 Å². The molecule has 23 heavy (non-hydrogen) atoms. The van der Waals surface area contributed by atoms with E-state index < -0.39 is 18.5 Å². The highest BCUT2D eigenvalue weighted by Crippen LogP contribution is 2.21. The van der Waals surface area contributed by atoms with Gasteiger partial charge in [0.15, 0.2) is 6.61 Å². The van der Waals surface area contributed by atoms with E-state index in [9.17, 15) is 9.59 Å². The van der Waals surface area contributed by atoms with Gasteiger partial charge in [-0.3, -0.25) is 4.79 Å². The maximum absolute atomic E-state index is 11.9. The van der Waals surface area contributed by atoms with E-state index >= 15 is 0 Å². The predicted octanol–water partition coefficient (Wildman–Crippen LogP) is 4.41. The number of anilines is 1. The van der Waals surface area contributed by atoms with E-state index in [4.69, 9.17) is 27.9 Å². The third-order valence-corrected chi connectivity index (χ3v) is 3.54. The summed E-state index contributed by atoms with van der Waals surface area (Å²) in [7, 11) is 0. The van der Waals surface area contributed by atoms with Gasteiger partial charge in [-0.25, -0.2) is 4.79 Å². The molecule has 2 rings (SSSR count). The largest absolute Gasteiger partial charge is 0.452 e. The first-order valence-electron chi connectivity index (χ1n) is 6.85. The SMILES string of the molecule is Cc1cc(C)cc(NC(=O)COC(=O)c2ccc(Cl)cc2Cl)c1. The van der Waals surface area contributed by atoms with Crippen molar-refractivity contribution in [1.29, 1.82) is 0 Å². The summed E-state index contributed by atoms with van der Waals surface area (Å²) in [6.07, 6.45) is 0. The van der Waals surface area contributed by atoms with Crippen molar-refractivity contribution >= 4 is 40.8 Å². The number of benzene rings is 2. The van der Waals surface area contributed by atoms with Crippen LogP contribution < -0.4 is 5.32 Å². The van der Waals surface area contributed by atoms with Crippen LogP contribution >= 0.6 is 23.2 Å². The number of hydrogen-bond donors (Lipinski definition) is 1. The molecule has 0 saturated carbocycles. The smallest absolute Gasteiger partial charge is 0.340 e. The van der Waals surface area contributed by atoms with Crippen molar-refractivity contribution in [2.24, 2.45) is 0 Å². The van der Waals surface area contributed by atoms with Gasteiger partial charge in [0.2, 0.25) is 0 Å². The van der Waals surface area contributed by atoms with Crippen LogP contribution in [-0.4, -0.2) is 18.5 Å². The van der Waals surface area contributed by atoms with E-state index in [0.29, 0.717) is 10.7 Å². The lowest BCUT2D eigenvalue weighted by Gasteiger charge is -2.09. The van der Waals surface area contributed by atoms with Gasteiger partial charge in [-0.1, -0.05) is 29.3 Å². The van der Waals surface area contributed by atoms with E-state index in [2.05, 4.69) is 5.32 Å². The molecule has 0 bridgehead atoms. The molecule has 1 amide bonds. The second-order valence-corrected chi connectivity index (χ2v) is 5.97. The first kappa shape index (κ1) is 17.3. The Morgan fingerprint density at radius 1 is 1.04 bits per heavy atom. The quantitative estimate of drug-likeness (QED) is 0.830. The maximum atomic E-state index is 11.9. The van der Waals surface area contributed by atoms with Crippen molar-refractivity contribution in [3.05, 3.63) is 63.1 Å². The van der Waals surface area contributed by atoms with E-state index in [-0.39, 0.29) is 10.6 Å². The molecule has 0 aliphatic rings. The first-order valence-corrected chi connectivity index (χ1v) is 7.61. The average molecular weight is 352 g/mol. The highest BCUT2D eigenvalue weighted by atomic mass is 35.5. The van der Waals surface area contributed by atoms with Crippen LogP contribution in [0.4, 0.5) is 5.69 Å². The Labute approximate surface area is 144 Å². The van der Waals surface area contributed by atoms with Gasteiger partial charge >= 0.3 is 5.97 Å². The number of halogens is 2. The fourth-order valence-corrected chi connectivity index (χ4v) is 2.59. The zero-order valence-corrected chi connectivity index (χ0v) is 14.2. The molecule has 0 spiro atoms. The summed E-state index contributed by atoms with van der Waals surface area (Å²) < 4.78 is 4.96. The summed E-state index contributed by atoms with van der Waals surface area (Å²) in [5.74, 6) is -1.10. The summed E-state index contributed by atoms with van der Waals surface area (Å²) in [5, 5.41) is 3.28. The Kier molecular flexibility index (Phi) is 5.64. The Morgan fingerprint density at radius 3 is 2.30 bits per heavy atom. The van der Waals surface area contributed by atoms with Crippen molar-refractivity contribution in [2.75, 3.05) is 11.9 Å². The number of hydrogen-bond acceptors (Lipinski definition) is 3. The monoisotopic (exact) mass is 351 g/mol. The number of aryl methyl sites for hydroxylation is 2. The van der Waals surface area contributed by atoms with Crippen LogP contribution in [0.25, 0.3) is 0 Å². The Bertz CT molecular complexity index is 739. The molecule has 1 N–H and O–H groups in total. The molecule has 2 aromatic carbocycles. The third-order valence-electron chi connectivity index (χ3n) is 2.99. The van der Waals surface area contributed by atoms with Gasteiger partial charge in [-0.15, -0.1) is 0 Å². The molecular weight excluding hydrogens is 337 g/mol. The minimum atomic E-state index is -0.678. The highest BCUT2D eigenvalue weighted by Gasteiger charge is 2.14. The van der Waals surface area contributed by atoms with Gasteiger partial charge in [0.25, 0.3) is 5.91 Å².